The maximum Gasteiger partial charge on any atom is 0.460 e. The first-order valence-corrected chi connectivity index (χ1v) is 6.02. The molecule has 0 spiro atoms. The zero-order valence-electron chi connectivity index (χ0n) is 12.2. The fourth-order valence-corrected chi connectivity index (χ4v) is 2.12. The van der Waals surface area contributed by atoms with Gasteiger partial charge in [-0.2, -0.15) is 43.9 Å². The van der Waals surface area contributed by atoms with Crippen molar-refractivity contribution < 1.29 is 72.0 Å². The van der Waals surface area contributed by atoms with Crippen LogP contribution >= 0.6 is 0 Å². The normalized spacial score (nSPS) is 33.6. The number of hydrogen-bond acceptors (Lipinski definition) is 2. The molecule has 1 N–H and O–H groups in total. The van der Waals surface area contributed by atoms with Crippen LogP contribution in [0.15, 0.2) is 12.7 Å². The van der Waals surface area contributed by atoms with Crippen molar-refractivity contribution in [3.05, 3.63) is 12.7 Å². The highest BCUT2D eigenvalue weighted by atomic mass is 19.4. The summed E-state index contributed by atoms with van der Waals surface area (Å²) in [5.74, 6) is -38.2. The molecule has 1 aliphatic rings. The van der Waals surface area contributed by atoms with E-state index >= 15 is 0 Å². The van der Waals surface area contributed by atoms with Crippen molar-refractivity contribution >= 4 is 5.97 Å². The van der Waals surface area contributed by atoms with Crippen LogP contribution in [0.25, 0.3) is 0 Å². The van der Waals surface area contributed by atoms with Gasteiger partial charge in [0.05, 0.1) is 0 Å². The van der Waals surface area contributed by atoms with Crippen LogP contribution in [-0.4, -0.2) is 52.4 Å². The monoisotopic (exact) mass is 434 g/mol. The Labute approximate surface area is 139 Å². The maximum absolute atomic E-state index is 14.3. The van der Waals surface area contributed by atoms with E-state index in [4.69, 9.17) is 5.11 Å². The minimum Gasteiger partial charge on any atom is -0.477 e. The molecule has 1 fully saturated rings. The van der Waals surface area contributed by atoms with E-state index in [-0.39, 0.29) is 10.8 Å². The number of alkyl halides is 12. The Bertz CT molecular complexity index is 617. The molecule has 3 nitrogen and oxygen atoms in total. The zero-order valence-corrected chi connectivity index (χ0v) is 12.2. The summed E-state index contributed by atoms with van der Waals surface area (Å²) >= 11 is 0. The number of ether oxygens (including phenoxy) is 1. The highest BCUT2D eigenvalue weighted by molar-refractivity contribution is 5.76. The van der Waals surface area contributed by atoms with Crippen molar-refractivity contribution in [3.63, 3.8) is 0 Å². The molecule has 1 aliphatic carbocycles. The van der Waals surface area contributed by atoms with Crippen molar-refractivity contribution in [1.82, 2.24) is 0 Å². The van der Waals surface area contributed by atoms with E-state index in [0.717, 1.165) is 0 Å². The number of carbonyl (C=O) groups is 1. The first-order valence-electron chi connectivity index (χ1n) is 6.02. The van der Waals surface area contributed by atoms with E-state index in [9.17, 15) is 57.5 Å². The quantitative estimate of drug-likeness (QED) is 0.518. The second-order valence-electron chi connectivity index (χ2n) is 5.11. The van der Waals surface area contributed by atoms with Crippen molar-refractivity contribution in [3.8, 4) is 0 Å². The van der Waals surface area contributed by atoms with Gasteiger partial charge in [0, 0.05) is 6.42 Å². The van der Waals surface area contributed by atoms with Crippen LogP contribution in [-0.2, 0) is 9.53 Å². The fourth-order valence-electron chi connectivity index (χ4n) is 2.12. The Morgan fingerprint density at radius 1 is 0.926 bits per heavy atom. The maximum atomic E-state index is 14.3. The third-order valence-corrected chi connectivity index (χ3v) is 3.55. The van der Waals surface area contributed by atoms with Gasteiger partial charge in [0.15, 0.2) is 0 Å². The average Bonchev–Trinajstić information content (AvgIpc) is 2.48. The molecule has 27 heavy (non-hydrogen) atoms. The number of rotatable bonds is 5. The van der Waals surface area contributed by atoms with Crippen LogP contribution in [0.2, 0.25) is 0 Å². The van der Waals surface area contributed by atoms with Crippen LogP contribution in [0, 0.1) is 0 Å². The van der Waals surface area contributed by atoms with Crippen LogP contribution in [0.4, 0.5) is 57.4 Å². The number of carboxylic acid groups (broad SMARTS) is 1. The molecule has 0 aromatic heterocycles. The SMILES string of the molecule is C=CCC1(F)C(F)(F)C(F)(F)C(F)(F)C1(F)OC(F)(C(=O)O)C(F)(F)F.F. The Morgan fingerprint density at radius 3 is 1.63 bits per heavy atom. The van der Waals surface area contributed by atoms with E-state index in [0.29, 0.717) is 0 Å². The van der Waals surface area contributed by atoms with Gasteiger partial charge in [-0.15, -0.1) is 6.58 Å². The molecule has 1 saturated carbocycles. The molecule has 0 bridgehead atoms. The molecular weight excluding hydrogens is 427 g/mol. The topological polar surface area (TPSA) is 46.5 Å². The van der Waals surface area contributed by atoms with Gasteiger partial charge in [-0.05, 0) is 0 Å². The second-order valence-corrected chi connectivity index (χ2v) is 5.11. The number of aliphatic carboxylic acids is 1. The zero-order chi connectivity index (χ0) is 21.2. The molecule has 0 aromatic rings. The fraction of sp³-hybridized carbons (Fsp3) is 0.727. The van der Waals surface area contributed by atoms with Crippen molar-refractivity contribution in [2.24, 2.45) is 0 Å². The van der Waals surface area contributed by atoms with Crippen LogP contribution in [0.5, 0.6) is 0 Å². The van der Waals surface area contributed by atoms with E-state index in [1.54, 1.807) is 0 Å². The highest BCUT2D eigenvalue weighted by Gasteiger charge is 3.01. The summed E-state index contributed by atoms with van der Waals surface area (Å²) in [6.45, 7) is 2.46. The molecule has 160 valence electrons. The summed E-state index contributed by atoms with van der Waals surface area (Å²) < 4.78 is 162. The molecule has 16 heteroatoms. The van der Waals surface area contributed by atoms with Gasteiger partial charge in [0.2, 0.25) is 5.67 Å². The van der Waals surface area contributed by atoms with Crippen LogP contribution in [0.3, 0.4) is 0 Å². The number of allylic oxidation sites excluding steroid dienone is 1. The van der Waals surface area contributed by atoms with Gasteiger partial charge in [-0.1, -0.05) is 6.08 Å². The molecule has 0 amide bonds. The third kappa shape index (κ3) is 2.58. The summed E-state index contributed by atoms with van der Waals surface area (Å²) in [5.41, 5.74) is -6.02. The van der Waals surface area contributed by atoms with Crippen molar-refractivity contribution in [2.75, 3.05) is 0 Å². The van der Waals surface area contributed by atoms with Gasteiger partial charge in [0.25, 0.3) is 0 Å². The Balaban J connectivity index is 0.00000676. The number of hydrogen-bond donors (Lipinski definition) is 1. The number of carboxylic acids is 1. The van der Waals surface area contributed by atoms with Gasteiger partial charge >= 0.3 is 41.6 Å². The van der Waals surface area contributed by atoms with E-state index < -0.39 is 53.7 Å². The lowest BCUT2D eigenvalue weighted by molar-refractivity contribution is -0.425. The Kier molecular flexibility index (Phi) is 5.74. The molecular formula is C11H7F13O3. The Morgan fingerprint density at radius 2 is 1.33 bits per heavy atom. The second kappa shape index (κ2) is 6.13. The Hall–Kier alpha value is -1.74. The highest BCUT2D eigenvalue weighted by Crippen LogP contribution is 2.70. The van der Waals surface area contributed by atoms with Crippen molar-refractivity contribution in [2.45, 2.75) is 47.7 Å². The summed E-state index contributed by atoms with van der Waals surface area (Å²) in [5, 5.41) is 8.12. The molecule has 3 unspecified atom stereocenters. The summed E-state index contributed by atoms with van der Waals surface area (Å²) in [6, 6.07) is 0. The minimum atomic E-state index is -7.13. The molecule has 0 radical (unpaired) electrons. The standard InChI is InChI=1S/C11H6F12O3.FH/c1-2-3-5(12)7(14,15)8(16,17)9(18,19)10(5,20)26-6(13,4(24)25)11(21,22)23;/h2H,1,3H2,(H,24,25);1H. The first-order chi connectivity index (χ1) is 11.2. The first kappa shape index (κ1) is 25.3. The number of halogens is 13. The van der Waals surface area contributed by atoms with Crippen LogP contribution in [0.1, 0.15) is 6.42 Å². The molecule has 0 heterocycles. The van der Waals surface area contributed by atoms with Crippen LogP contribution < -0.4 is 0 Å². The minimum absolute atomic E-state index is 0. The summed E-state index contributed by atoms with van der Waals surface area (Å²) in [4.78, 5) is 10.4. The van der Waals surface area contributed by atoms with Gasteiger partial charge < -0.3 is 5.11 Å². The molecule has 0 aliphatic heterocycles. The van der Waals surface area contributed by atoms with Gasteiger partial charge in [-0.3, -0.25) is 9.44 Å². The molecule has 0 aromatic carbocycles. The van der Waals surface area contributed by atoms with Gasteiger partial charge in [0.1, 0.15) is 0 Å². The lowest BCUT2D eigenvalue weighted by Crippen LogP contribution is -2.65. The predicted molar refractivity (Wildman–Crippen MR) is 58.5 cm³/mol. The molecule has 1 rings (SSSR count). The van der Waals surface area contributed by atoms with E-state index in [1.165, 1.54) is 0 Å². The third-order valence-electron chi connectivity index (χ3n) is 3.55. The van der Waals surface area contributed by atoms with Crippen molar-refractivity contribution in [1.29, 1.82) is 0 Å². The molecule has 3 atom stereocenters. The lowest BCUT2D eigenvalue weighted by atomic mass is 9.91. The summed E-state index contributed by atoms with van der Waals surface area (Å²) in [7, 11) is 0. The smallest absolute Gasteiger partial charge is 0.460 e. The molecule has 0 saturated heterocycles. The lowest BCUT2D eigenvalue weighted by Gasteiger charge is -2.38. The summed E-state index contributed by atoms with van der Waals surface area (Å²) in [6.07, 6.45) is -9.68. The van der Waals surface area contributed by atoms with E-state index in [1.807, 2.05) is 0 Å². The predicted octanol–water partition coefficient (Wildman–Crippen LogP) is 4.34. The average molecular weight is 434 g/mol. The largest absolute Gasteiger partial charge is 0.477 e. The van der Waals surface area contributed by atoms with Gasteiger partial charge in [-0.25, -0.2) is 13.6 Å². The van der Waals surface area contributed by atoms with E-state index in [2.05, 4.69) is 11.3 Å².